The maximum atomic E-state index is 5.95. The number of halogens is 1. The van der Waals surface area contributed by atoms with E-state index in [1.165, 1.54) is 0 Å². The second kappa shape index (κ2) is 2.64. The van der Waals surface area contributed by atoms with Crippen molar-refractivity contribution in [3.63, 3.8) is 0 Å². The molecule has 1 aromatic heterocycles. The topological polar surface area (TPSA) is 38.9 Å². The lowest BCUT2D eigenvalue weighted by molar-refractivity contribution is 1.37. The second-order valence-electron chi connectivity index (χ2n) is 2.57. The van der Waals surface area contributed by atoms with Gasteiger partial charge in [-0.1, -0.05) is 23.7 Å². The molecule has 0 saturated heterocycles. The zero-order valence-corrected chi connectivity index (χ0v) is 7.05. The fraction of sp³-hybridized carbons (Fsp3) is 0. The summed E-state index contributed by atoms with van der Waals surface area (Å²) in [5.74, 6) is 0. The minimum absolute atomic E-state index is 0.623. The zero-order chi connectivity index (χ0) is 8.55. The zero-order valence-electron chi connectivity index (χ0n) is 6.29. The summed E-state index contributed by atoms with van der Waals surface area (Å²) >= 11 is 5.95. The summed E-state index contributed by atoms with van der Waals surface area (Å²) in [6.45, 7) is 0. The van der Waals surface area contributed by atoms with Crippen LogP contribution in [0, 0.1) is 0 Å². The van der Waals surface area contributed by atoms with E-state index in [9.17, 15) is 0 Å². The van der Waals surface area contributed by atoms with Gasteiger partial charge in [-0.2, -0.15) is 0 Å². The highest BCUT2D eigenvalue weighted by molar-refractivity contribution is 6.36. The average Bonchev–Trinajstić information content (AvgIpc) is 2.04. The minimum atomic E-state index is 0.623. The molecular formula is C9H7ClN2. The molecule has 60 valence electrons. The summed E-state index contributed by atoms with van der Waals surface area (Å²) in [4.78, 5) is 3.97. The monoisotopic (exact) mass is 178 g/mol. The Bertz CT molecular complexity index is 389. The minimum Gasteiger partial charge on any atom is -0.397 e. The van der Waals surface area contributed by atoms with Gasteiger partial charge in [0.1, 0.15) is 0 Å². The molecule has 1 heterocycles. The van der Waals surface area contributed by atoms with Crippen LogP contribution in [0.2, 0.25) is 5.02 Å². The molecule has 1 aromatic carbocycles. The lowest BCUT2D eigenvalue weighted by Gasteiger charge is -2.01. The summed E-state index contributed by atoms with van der Waals surface area (Å²) in [6.07, 6.45) is 3.35. The van der Waals surface area contributed by atoms with Crippen molar-refractivity contribution in [1.82, 2.24) is 4.98 Å². The Balaban J connectivity index is 2.96. The molecule has 0 spiro atoms. The molecule has 2 aromatic rings. The summed E-state index contributed by atoms with van der Waals surface area (Å²) in [7, 11) is 0. The lowest BCUT2D eigenvalue weighted by atomic mass is 10.1. The van der Waals surface area contributed by atoms with Crippen molar-refractivity contribution < 1.29 is 0 Å². The van der Waals surface area contributed by atoms with Crippen LogP contribution in [0.3, 0.4) is 0 Å². The van der Waals surface area contributed by atoms with Gasteiger partial charge in [-0.3, -0.25) is 4.98 Å². The molecule has 2 N–H and O–H groups in total. The summed E-state index contributed by atoms with van der Waals surface area (Å²) < 4.78 is 0. The van der Waals surface area contributed by atoms with Gasteiger partial charge in [-0.15, -0.1) is 0 Å². The number of rotatable bonds is 0. The first-order chi connectivity index (χ1) is 5.79. The number of benzene rings is 1. The van der Waals surface area contributed by atoms with E-state index in [4.69, 9.17) is 17.3 Å². The Morgan fingerprint density at radius 1 is 1.25 bits per heavy atom. The van der Waals surface area contributed by atoms with Crippen LogP contribution in [-0.2, 0) is 0 Å². The lowest BCUT2D eigenvalue weighted by Crippen LogP contribution is -1.88. The Morgan fingerprint density at radius 2 is 2.08 bits per heavy atom. The van der Waals surface area contributed by atoms with Gasteiger partial charge >= 0.3 is 0 Å². The first-order valence-electron chi connectivity index (χ1n) is 3.57. The number of fused-ring (bicyclic) bond motifs is 1. The van der Waals surface area contributed by atoms with Gasteiger partial charge in [0.05, 0.1) is 16.9 Å². The molecule has 0 saturated carbocycles. The molecule has 0 atom stereocenters. The Kier molecular flexibility index (Phi) is 1.62. The van der Waals surface area contributed by atoms with Crippen molar-refractivity contribution in [2.75, 3.05) is 5.73 Å². The molecule has 0 aliphatic carbocycles. The van der Waals surface area contributed by atoms with Crippen LogP contribution in [0.5, 0.6) is 0 Å². The van der Waals surface area contributed by atoms with Crippen LogP contribution < -0.4 is 5.73 Å². The summed E-state index contributed by atoms with van der Waals surface area (Å²) in [5, 5.41) is 2.53. The van der Waals surface area contributed by atoms with E-state index < -0.39 is 0 Å². The number of nitrogens with two attached hydrogens (primary N) is 1. The van der Waals surface area contributed by atoms with Crippen molar-refractivity contribution in [3.8, 4) is 0 Å². The van der Waals surface area contributed by atoms with Crippen LogP contribution in [0.15, 0.2) is 30.6 Å². The quantitative estimate of drug-likeness (QED) is 0.673. The summed E-state index contributed by atoms with van der Waals surface area (Å²) in [6, 6.07) is 5.64. The largest absolute Gasteiger partial charge is 0.397 e. The molecule has 0 radical (unpaired) electrons. The molecule has 0 aliphatic rings. The third kappa shape index (κ3) is 1.01. The van der Waals surface area contributed by atoms with E-state index in [0.717, 1.165) is 10.8 Å². The molecule has 0 bridgehead atoms. The molecule has 0 amide bonds. The van der Waals surface area contributed by atoms with Crippen molar-refractivity contribution in [1.29, 1.82) is 0 Å². The highest BCUT2D eigenvalue weighted by atomic mass is 35.5. The fourth-order valence-corrected chi connectivity index (χ4v) is 1.51. The van der Waals surface area contributed by atoms with Crippen LogP contribution in [0.4, 0.5) is 5.69 Å². The number of hydrogen-bond donors (Lipinski definition) is 1. The summed E-state index contributed by atoms with van der Waals surface area (Å²) in [5.41, 5.74) is 6.33. The van der Waals surface area contributed by atoms with E-state index in [0.29, 0.717) is 10.7 Å². The van der Waals surface area contributed by atoms with E-state index in [2.05, 4.69) is 4.98 Å². The first-order valence-corrected chi connectivity index (χ1v) is 3.94. The van der Waals surface area contributed by atoms with E-state index in [1.54, 1.807) is 12.4 Å². The molecule has 2 nitrogen and oxygen atoms in total. The van der Waals surface area contributed by atoms with Crippen molar-refractivity contribution in [2.24, 2.45) is 0 Å². The van der Waals surface area contributed by atoms with E-state index in [1.807, 2.05) is 18.2 Å². The average molecular weight is 179 g/mol. The predicted octanol–water partition coefficient (Wildman–Crippen LogP) is 2.47. The van der Waals surface area contributed by atoms with Gasteiger partial charge in [-0.05, 0) is 6.07 Å². The standard InChI is InChI=1S/C9H7ClN2/c10-7-3-1-2-6-4-12-5-8(11)9(6)7/h1-5H,11H2. The van der Waals surface area contributed by atoms with Crippen LogP contribution in [0.25, 0.3) is 10.8 Å². The fourth-order valence-electron chi connectivity index (χ4n) is 1.22. The molecule has 2 rings (SSSR count). The number of pyridine rings is 1. The van der Waals surface area contributed by atoms with Gasteiger partial charge in [0.15, 0.2) is 0 Å². The second-order valence-corrected chi connectivity index (χ2v) is 2.97. The molecule has 0 fully saturated rings. The SMILES string of the molecule is Nc1cncc2cccc(Cl)c12. The number of hydrogen-bond acceptors (Lipinski definition) is 2. The van der Waals surface area contributed by atoms with Crippen LogP contribution in [-0.4, -0.2) is 4.98 Å². The van der Waals surface area contributed by atoms with Gasteiger partial charge < -0.3 is 5.73 Å². The number of nitrogens with zero attached hydrogens (tertiary/aromatic N) is 1. The first kappa shape index (κ1) is 7.37. The normalized spacial score (nSPS) is 10.4. The number of anilines is 1. The van der Waals surface area contributed by atoms with Gasteiger partial charge in [0, 0.05) is 17.0 Å². The predicted molar refractivity (Wildman–Crippen MR) is 51.2 cm³/mol. The smallest absolute Gasteiger partial charge is 0.0595 e. The third-order valence-corrected chi connectivity index (χ3v) is 2.08. The molecule has 3 heteroatoms. The van der Waals surface area contributed by atoms with Crippen LogP contribution >= 0.6 is 11.6 Å². The van der Waals surface area contributed by atoms with Crippen LogP contribution in [0.1, 0.15) is 0 Å². The highest BCUT2D eigenvalue weighted by Crippen LogP contribution is 2.26. The van der Waals surface area contributed by atoms with Crippen molar-refractivity contribution >= 4 is 28.1 Å². The van der Waals surface area contributed by atoms with Gasteiger partial charge in [0.2, 0.25) is 0 Å². The maximum Gasteiger partial charge on any atom is 0.0595 e. The van der Waals surface area contributed by atoms with Gasteiger partial charge in [0.25, 0.3) is 0 Å². The Labute approximate surface area is 75.0 Å². The van der Waals surface area contributed by atoms with E-state index in [-0.39, 0.29) is 0 Å². The molecule has 12 heavy (non-hydrogen) atoms. The van der Waals surface area contributed by atoms with E-state index >= 15 is 0 Å². The van der Waals surface area contributed by atoms with Crippen molar-refractivity contribution in [3.05, 3.63) is 35.6 Å². The third-order valence-electron chi connectivity index (χ3n) is 1.76. The Hall–Kier alpha value is -1.28. The molecular weight excluding hydrogens is 172 g/mol. The highest BCUT2D eigenvalue weighted by Gasteiger charge is 2.00. The molecule has 0 aliphatic heterocycles. The molecule has 0 unspecified atom stereocenters. The maximum absolute atomic E-state index is 5.95. The number of nitrogen functional groups attached to an aromatic ring is 1. The Morgan fingerprint density at radius 3 is 2.83 bits per heavy atom. The van der Waals surface area contributed by atoms with Gasteiger partial charge in [-0.25, -0.2) is 0 Å². The van der Waals surface area contributed by atoms with Crippen molar-refractivity contribution in [2.45, 2.75) is 0 Å². The number of aromatic nitrogens is 1.